The van der Waals surface area contributed by atoms with Crippen molar-refractivity contribution in [3.05, 3.63) is 41.9 Å². The zero-order chi connectivity index (χ0) is 13.3. The fourth-order valence-corrected chi connectivity index (χ4v) is 1.57. The van der Waals surface area contributed by atoms with E-state index in [1.54, 1.807) is 13.0 Å². The summed E-state index contributed by atoms with van der Waals surface area (Å²) in [6, 6.07) is 4.91. The maximum Gasteiger partial charge on any atom is 0.416 e. The average Bonchev–Trinajstić information content (AvgIpc) is 2.28. The van der Waals surface area contributed by atoms with Crippen LogP contribution in [0.15, 0.2) is 30.5 Å². The number of aromatic nitrogens is 2. The van der Waals surface area contributed by atoms with E-state index >= 15 is 0 Å². The number of anilines is 1. The zero-order valence-corrected chi connectivity index (χ0v) is 9.49. The molecule has 1 aromatic carbocycles. The Morgan fingerprint density at radius 3 is 2.56 bits per heavy atom. The minimum atomic E-state index is -4.38. The maximum absolute atomic E-state index is 12.6. The number of nitrogens with zero attached hydrogens (tertiary/aromatic N) is 2. The van der Waals surface area contributed by atoms with Crippen molar-refractivity contribution >= 4 is 5.82 Å². The molecule has 6 heteroatoms. The molecule has 0 saturated heterocycles. The number of alkyl halides is 3. The minimum absolute atomic E-state index is 0.168. The average molecular weight is 253 g/mol. The fourth-order valence-electron chi connectivity index (χ4n) is 1.57. The van der Waals surface area contributed by atoms with Crippen LogP contribution in [-0.4, -0.2) is 9.97 Å². The predicted molar refractivity (Wildman–Crippen MR) is 61.6 cm³/mol. The molecule has 1 aromatic heterocycles. The summed E-state index contributed by atoms with van der Waals surface area (Å²) < 4.78 is 37.8. The van der Waals surface area contributed by atoms with Gasteiger partial charge in [-0.15, -0.1) is 0 Å². The number of benzene rings is 1. The third-order valence-corrected chi connectivity index (χ3v) is 2.44. The molecule has 0 spiro atoms. The predicted octanol–water partition coefficient (Wildman–Crippen LogP) is 3.05. The Labute approximate surface area is 101 Å². The molecule has 0 aliphatic carbocycles. The van der Waals surface area contributed by atoms with Crippen molar-refractivity contribution in [3.8, 4) is 11.1 Å². The smallest absolute Gasteiger partial charge is 0.383 e. The number of hydrogen-bond acceptors (Lipinski definition) is 3. The van der Waals surface area contributed by atoms with Crippen LogP contribution in [0.5, 0.6) is 0 Å². The molecule has 0 radical (unpaired) electrons. The Balaban J connectivity index is 2.51. The summed E-state index contributed by atoms with van der Waals surface area (Å²) in [6.45, 7) is 1.66. The van der Waals surface area contributed by atoms with Gasteiger partial charge in [-0.3, -0.25) is 0 Å². The highest BCUT2D eigenvalue weighted by molar-refractivity contribution is 5.73. The lowest BCUT2D eigenvalue weighted by atomic mass is 10.0. The number of hydrogen-bond donors (Lipinski definition) is 1. The van der Waals surface area contributed by atoms with Crippen LogP contribution in [0.1, 0.15) is 11.4 Å². The molecule has 0 saturated carbocycles. The van der Waals surface area contributed by atoms with E-state index in [0.29, 0.717) is 17.0 Å². The van der Waals surface area contributed by atoms with E-state index in [0.717, 1.165) is 12.1 Å². The van der Waals surface area contributed by atoms with Gasteiger partial charge in [0.05, 0.1) is 5.56 Å². The lowest BCUT2D eigenvalue weighted by Gasteiger charge is -2.09. The van der Waals surface area contributed by atoms with Crippen LogP contribution in [0.4, 0.5) is 19.0 Å². The van der Waals surface area contributed by atoms with Gasteiger partial charge < -0.3 is 5.73 Å². The molecule has 0 atom stereocenters. The second-order valence-corrected chi connectivity index (χ2v) is 3.79. The molecule has 0 unspecified atom stereocenters. The summed E-state index contributed by atoms with van der Waals surface area (Å²) in [5.74, 6) is 0.644. The summed E-state index contributed by atoms with van der Waals surface area (Å²) in [5, 5.41) is 0. The van der Waals surface area contributed by atoms with Gasteiger partial charge in [-0.1, -0.05) is 12.1 Å². The van der Waals surface area contributed by atoms with Crippen LogP contribution in [0.3, 0.4) is 0 Å². The van der Waals surface area contributed by atoms with Gasteiger partial charge >= 0.3 is 6.18 Å². The third kappa shape index (κ3) is 2.42. The largest absolute Gasteiger partial charge is 0.416 e. The van der Waals surface area contributed by atoms with Crippen LogP contribution < -0.4 is 5.73 Å². The molecule has 0 aliphatic heterocycles. The van der Waals surface area contributed by atoms with Crippen molar-refractivity contribution in [2.24, 2.45) is 0 Å². The van der Waals surface area contributed by atoms with Crippen molar-refractivity contribution in [1.29, 1.82) is 0 Å². The summed E-state index contributed by atoms with van der Waals surface area (Å²) in [5.41, 5.74) is 5.70. The molecule has 2 aromatic rings. The summed E-state index contributed by atoms with van der Waals surface area (Å²) in [4.78, 5) is 7.86. The molecular formula is C12H10F3N3. The van der Waals surface area contributed by atoms with Crippen LogP contribution in [0.25, 0.3) is 11.1 Å². The molecule has 94 valence electrons. The molecule has 0 aliphatic rings. The Hall–Kier alpha value is -2.11. The Morgan fingerprint density at radius 2 is 1.94 bits per heavy atom. The number of halogens is 3. The third-order valence-electron chi connectivity index (χ3n) is 2.44. The molecule has 1 heterocycles. The van der Waals surface area contributed by atoms with Crippen molar-refractivity contribution < 1.29 is 13.2 Å². The first kappa shape index (κ1) is 12.3. The quantitative estimate of drug-likeness (QED) is 0.849. The van der Waals surface area contributed by atoms with Gasteiger partial charge in [0.1, 0.15) is 11.6 Å². The maximum atomic E-state index is 12.6. The summed E-state index contributed by atoms with van der Waals surface area (Å²) in [6.07, 6.45) is -2.95. The van der Waals surface area contributed by atoms with Crippen molar-refractivity contribution in [2.45, 2.75) is 13.1 Å². The van der Waals surface area contributed by atoms with Gasteiger partial charge in [0.2, 0.25) is 0 Å². The molecule has 0 bridgehead atoms. The van der Waals surface area contributed by atoms with E-state index in [1.165, 1.54) is 12.3 Å². The SMILES string of the molecule is Cc1ncc(-c2cccc(C(F)(F)F)c2)c(N)n1. The van der Waals surface area contributed by atoms with Gasteiger partial charge in [0.15, 0.2) is 0 Å². The van der Waals surface area contributed by atoms with Crippen molar-refractivity contribution in [3.63, 3.8) is 0 Å². The van der Waals surface area contributed by atoms with Gasteiger partial charge in [0, 0.05) is 11.8 Å². The van der Waals surface area contributed by atoms with E-state index in [9.17, 15) is 13.2 Å². The van der Waals surface area contributed by atoms with Gasteiger partial charge in [0.25, 0.3) is 0 Å². The number of nitrogens with two attached hydrogens (primary N) is 1. The second kappa shape index (κ2) is 4.29. The molecular weight excluding hydrogens is 243 g/mol. The van der Waals surface area contributed by atoms with Gasteiger partial charge in [-0.05, 0) is 24.6 Å². The van der Waals surface area contributed by atoms with Gasteiger partial charge in [-0.25, -0.2) is 9.97 Å². The fraction of sp³-hybridized carbons (Fsp3) is 0.167. The molecule has 0 amide bonds. The van der Waals surface area contributed by atoms with Crippen LogP contribution in [-0.2, 0) is 6.18 Å². The van der Waals surface area contributed by atoms with E-state index in [2.05, 4.69) is 9.97 Å². The first-order valence-electron chi connectivity index (χ1n) is 5.14. The lowest BCUT2D eigenvalue weighted by molar-refractivity contribution is -0.137. The Morgan fingerprint density at radius 1 is 1.22 bits per heavy atom. The Kier molecular flexibility index (Phi) is 2.94. The van der Waals surface area contributed by atoms with E-state index < -0.39 is 11.7 Å². The highest BCUT2D eigenvalue weighted by Gasteiger charge is 2.30. The van der Waals surface area contributed by atoms with Crippen molar-refractivity contribution in [1.82, 2.24) is 9.97 Å². The minimum Gasteiger partial charge on any atom is -0.383 e. The first-order valence-corrected chi connectivity index (χ1v) is 5.14. The standard InChI is InChI=1S/C12H10F3N3/c1-7-17-6-10(11(16)18-7)8-3-2-4-9(5-8)12(13,14)15/h2-6H,1H3,(H2,16,17,18). The monoisotopic (exact) mass is 253 g/mol. The number of nitrogen functional groups attached to an aromatic ring is 1. The van der Waals surface area contributed by atoms with Crippen molar-refractivity contribution in [2.75, 3.05) is 5.73 Å². The lowest BCUT2D eigenvalue weighted by Crippen LogP contribution is -2.05. The molecule has 18 heavy (non-hydrogen) atoms. The number of rotatable bonds is 1. The van der Waals surface area contributed by atoms with Crippen LogP contribution in [0, 0.1) is 6.92 Å². The van der Waals surface area contributed by atoms with E-state index in [1.807, 2.05) is 0 Å². The topological polar surface area (TPSA) is 51.8 Å². The summed E-state index contributed by atoms with van der Waals surface area (Å²) in [7, 11) is 0. The highest BCUT2D eigenvalue weighted by atomic mass is 19.4. The van der Waals surface area contributed by atoms with E-state index in [4.69, 9.17) is 5.73 Å². The molecule has 0 fully saturated rings. The zero-order valence-electron chi connectivity index (χ0n) is 9.49. The Bertz CT molecular complexity index is 579. The molecule has 2 N–H and O–H groups in total. The first-order chi connectivity index (χ1) is 8.38. The highest BCUT2D eigenvalue weighted by Crippen LogP contribution is 2.33. The second-order valence-electron chi connectivity index (χ2n) is 3.79. The molecule has 3 nitrogen and oxygen atoms in total. The van der Waals surface area contributed by atoms with Crippen LogP contribution >= 0.6 is 0 Å². The normalized spacial score (nSPS) is 11.6. The van der Waals surface area contributed by atoms with Gasteiger partial charge in [-0.2, -0.15) is 13.2 Å². The van der Waals surface area contributed by atoms with Crippen LogP contribution in [0.2, 0.25) is 0 Å². The number of aryl methyl sites for hydroxylation is 1. The van der Waals surface area contributed by atoms with E-state index in [-0.39, 0.29) is 5.82 Å². The summed E-state index contributed by atoms with van der Waals surface area (Å²) >= 11 is 0. The molecule has 2 rings (SSSR count).